The Labute approximate surface area is 188 Å². The Morgan fingerprint density at radius 3 is 2.59 bits per heavy atom. The lowest BCUT2D eigenvalue weighted by atomic mass is 9.93. The van der Waals surface area contributed by atoms with Gasteiger partial charge in [-0.05, 0) is 71.7 Å². The number of imidazole rings is 1. The summed E-state index contributed by atoms with van der Waals surface area (Å²) in [5.74, 6) is 1.06. The first-order valence-corrected chi connectivity index (χ1v) is 11.2. The van der Waals surface area contributed by atoms with Crippen molar-refractivity contribution in [3.8, 4) is 6.07 Å². The molecule has 158 valence electrons. The summed E-state index contributed by atoms with van der Waals surface area (Å²) in [6.07, 6.45) is 4.50. The van der Waals surface area contributed by atoms with E-state index in [1.54, 1.807) is 6.08 Å². The fourth-order valence-corrected chi connectivity index (χ4v) is 4.92. The van der Waals surface area contributed by atoms with Gasteiger partial charge < -0.3 is 4.57 Å². The molecule has 0 atom stereocenters. The minimum absolute atomic E-state index is 0.743. The molecule has 0 radical (unpaired) electrons. The van der Waals surface area contributed by atoms with Crippen molar-refractivity contribution in [3.05, 3.63) is 99.5 Å². The number of nitriles is 1. The predicted molar refractivity (Wildman–Crippen MR) is 128 cm³/mol. The lowest BCUT2D eigenvalue weighted by molar-refractivity contribution is 0.744. The summed E-state index contributed by atoms with van der Waals surface area (Å²) >= 11 is 0. The molecule has 4 nitrogen and oxygen atoms in total. The molecule has 0 saturated carbocycles. The van der Waals surface area contributed by atoms with Crippen molar-refractivity contribution < 1.29 is 0 Å². The van der Waals surface area contributed by atoms with Crippen LogP contribution < -0.4 is 0 Å². The summed E-state index contributed by atoms with van der Waals surface area (Å²) in [6, 6.07) is 19.5. The number of pyridine rings is 1. The number of fused-ring (bicyclic) bond motifs is 3. The number of benzene rings is 2. The van der Waals surface area contributed by atoms with Gasteiger partial charge in [-0.3, -0.25) is 0 Å². The average Bonchev–Trinajstić information content (AvgIpc) is 3.06. The number of hydrogen-bond acceptors (Lipinski definition) is 3. The number of aryl methyl sites for hydroxylation is 5. The van der Waals surface area contributed by atoms with Crippen LogP contribution in [0.2, 0.25) is 0 Å². The number of aromatic nitrogens is 3. The van der Waals surface area contributed by atoms with Gasteiger partial charge in [0.05, 0.1) is 12.6 Å². The minimum Gasteiger partial charge on any atom is -0.308 e. The summed E-state index contributed by atoms with van der Waals surface area (Å²) in [4.78, 5) is 9.71. The summed E-state index contributed by atoms with van der Waals surface area (Å²) in [5, 5.41) is 9.45. The second-order valence-corrected chi connectivity index (χ2v) is 8.56. The SMILES string of the molecule is CCc1nc2c(C)cc(C)nc2n1Cc1ccc2c(c1)CCc1ccccc1/C2=C/C#N. The molecule has 0 saturated heterocycles. The third-order valence-corrected chi connectivity index (χ3v) is 6.40. The highest BCUT2D eigenvalue weighted by Crippen LogP contribution is 2.34. The molecule has 0 fully saturated rings. The third kappa shape index (κ3) is 3.40. The fraction of sp³-hybridized carbons (Fsp3) is 0.250. The average molecular weight is 419 g/mol. The van der Waals surface area contributed by atoms with Crippen LogP contribution in [0.3, 0.4) is 0 Å². The van der Waals surface area contributed by atoms with Gasteiger partial charge in [0.1, 0.15) is 11.3 Å². The molecule has 4 aromatic rings. The van der Waals surface area contributed by atoms with Gasteiger partial charge >= 0.3 is 0 Å². The Balaban J connectivity index is 1.59. The van der Waals surface area contributed by atoms with Crippen molar-refractivity contribution in [2.45, 2.75) is 46.6 Å². The topological polar surface area (TPSA) is 54.5 Å². The number of allylic oxidation sites excluding steroid dienone is 1. The van der Waals surface area contributed by atoms with E-state index in [1.807, 2.05) is 6.92 Å². The number of hydrogen-bond donors (Lipinski definition) is 0. The van der Waals surface area contributed by atoms with Crippen molar-refractivity contribution in [1.82, 2.24) is 14.5 Å². The summed E-state index contributed by atoms with van der Waals surface area (Å²) in [5.41, 5.74) is 11.3. The van der Waals surface area contributed by atoms with Gasteiger partial charge in [-0.25, -0.2) is 9.97 Å². The van der Waals surface area contributed by atoms with Crippen molar-refractivity contribution in [3.63, 3.8) is 0 Å². The molecule has 0 bridgehead atoms. The zero-order valence-corrected chi connectivity index (χ0v) is 18.8. The summed E-state index contributed by atoms with van der Waals surface area (Å²) in [7, 11) is 0. The zero-order chi connectivity index (χ0) is 22.2. The van der Waals surface area contributed by atoms with Gasteiger partial charge in [-0.15, -0.1) is 0 Å². The molecular weight excluding hydrogens is 392 g/mol. The lowest BCUT2D eigenvalue weighted by Crippen LogP contribution is -2.06. The lowest BCUT2D eigenvalue weighted by Gasteiger charge is -2.14. The maximum Gasteiger partial charge on any atom is 0.160 e. The minimum atomic E-state index is 0.743. The Morgan fingerprint density at radius 2 is 1.78 bits per heavy atom. The standard InChI is InChI=1S/C28H26N4/c1-4-26-31-27-18(2)15-19(3)30-28(27)32(26)17-20-9-12-24-22(16-20)11-10-21-7-5-6-8-23(21)25(24)13-14-29/h5-9,12-13,15-16H,4,10-11,17H2,1-3H3/b25-13-. The molecule has 2 heterocycles. The number of nitrogens with zero attached hydrogens (tertiary/aromatic N) is 4. The molecule has 5 rings (SSSR count). The van der Waals surface area contributed by atoms with Crippen LogP contribution in [0.15, 0.2) is 54.6 Å². The van der Waals surface area contributed by atoms with Crippen molar-refractivity contribution in [2.24, 2.45) is 0 Å². The molecule has 0 aliphatic heterocycles. The largest absolute Gasteiger partial charge is 0.308 e. The normalized spacial score (nSPS) is 14.1. The van der Waals surface area contributed by atoms with Crippen LogP contribution in [0.1, 0.15) is 51.8 Å². The molecular formula is C28H26N4. The maximum absolute atomic E-state index is 9.45. The van der Waals surface area contributed by atoms with Crippen LogP contribution in [-0.4, -0.2) is 14.5 Å². The fourth-order valence-electron chi connectivity index (χ4n) is 4.92. The molecule has 0 amide bonds. The van der Waals surface area contributed by atoms with Crippen LogP contribution >= 0.6 is 0 Å². The van der Waals surface area contributed by atoms with Crippen LogP contribution in [0.5, 0.6) is 0 Å². The highest BCUT2D eigenvalue weighted by Gasteiger charge is 2.19. The van der Waals surface area contributed by atoms with Gasteiger partial charge in [-0.1, -0.05) is 49.4 Å². The van der Waals surface area contributed by atoms with E-state index in [4.69, 9.17) is 9.97 Å². The molecule has 1 aliphatic carbocycles. The van der Waals surface area contributed by atoms with Gasteiger partial charge in [0.15, 0.2) is 5.65 Å². The quantitative estimate of drug-likeness (QED) is 0.400. The first-order chi connectivity index (χ1) is 15.6. The highest BCUT2D eigenvalue weighted by molar-refractivity contribution is 5.85. The zero-order valence-electron chi connectivity index (χ0n) is 18.8. The summed E-state index contributed by atoms with van der Waals surface area (Å²) in [6.45, 7) is 7.04. The van der Waals surface area contributed by atoms with Crippen LogP contribution in [-0.2, 0) is 25.8 Å². The molecule has 0 N–H and O–H groups in total. The van der Waals surface area contributed by atoms with Crippen molar-refractivity contribution >= 4 is 16.7 Å². The Bertz CT molecular complexity index is 1420. The number of rotatable bonds is 3. The van der Waals surface area contributed by atoms with E-state index in [2.05, 4.69) is 73.0 Å². The van der Waals surface area contributed by atoms with Gasteiger partial charge in [0.25, 0.3) is 0 Å². The first-order valence-electron chi connectivity index (χ1n) is 11.2. The molecule has 0 unspecified atom stereocenters. The molecule has 1 aliphatic rings. The maximum atomic E-state index is 9.45. The van der Waals surface area contributed by atoms with Gasteiger partial charge in [0.2, 0.25) is 0 Å². The van der Waals surface area contributed by atoms with E-state index < -0.39 is 0 Å². The van der Waals surface area contributed by atoms with E-state index >= 15 is 0 Å². The monoisotopic (exact) mass is 418 g/mol. The highest BCUT2D eigenvalue weighted by atomic mass is 15.1. The predicted octanol–water partition coefficient (Wildman–Crippen LogP) is 5.71. The smallest absolute Gasteiger partial charge is 0.160 e. The molecule has 4 heteroatoms. The second kappa shape index (κ2) is 8.09. The third-order valence-electron chi connectivity index (χ3n) is 6.40. The van der Waals surface area contributed by atoms with E-state index in [1.165, 1.54) is 27.8 Å². The van der Waals surface area contributed by atoms with Crippen molar-refractivity contribution in [1.29, 1.82) is 5.26 Å². The van der Waals surface area contributed by atoms with E-state index in [0.29, 0.717) is 0 Å². The second-order valence-electron chi connectivity index (χ2n) is 8.56. The van der Waals surface area contributed by atoms with Crippen molar-refractivity contribution in [2.75, 3.05) is 0 Å². The van der Waals surface area contributed by atoms with Gasteiger partial charge in [-0.2, -0.15) is 5.26 Å². The molecule has 2 aromatic heterocycles. The van der Waals surface area contributed by atoms with Crippen LogP contribution in [0.4, 0.5) is 0 Å². The van der Waals surface area contributed by atoms with E-state index in [9.17, 15) is 5.26 Å². The molecule has 32 heavy (non-hydrogen) atoms. The van der Waals surface area contributed by atoms with Gasteiger partial charge in [0, 0.05) is 18.2 Å². The Morgan fingerprint density at radius 1 is 1.00 bits per heavy atom. The summed E-state index contributed by atoms with van der Waals surface area (Å²) < 4.78 is 2.26. The van der Waals surface area contributed by atoms with Crippen LogP contribution in [0, 0.1) is 25.2 Å². The Kier molecular flexibility index (Phi) is 5.11. The van der Waals surface area contributed by atoms with E-state index in [0.717, 1.165) is 59.6 Å². The van der Waals surface area contributed by atoms with Crippen LogP contribution in [0.25, 0.3) is 16.7 Å². The first kappa shape index (κ1) is 20.2. The molecule has 2 aromatic carbocycles. The van der Waals surface area contributed by atoms with E-state index in [-0.39, 0.29) is 0 Å². The molecule has 0 spiro atoms. The Hall–Kier alpha value is -3.71.